The van der Waals surface area contributed by atoms with Crippen molar-refractivity contribution in [3.63, 3.8) is 0 Å². The zero-order valence-corrected chi connectivity index (χ0v) is 13.5. The fourth-order valence-electron chi connectivity index (χ4n) is 2.06. The molecule has 0 fully saturated rings. The Hall–Kier alpha value is -2.60. The number of aryl methyl sites for hydroxylation is 1. The topological polar surface area (TPSA) is 55.6 Å². The first-order valence-corrected chi connectivity index (χ1v) is 8.03. The molecule has 0 unspecified atom stereocenters. The molecule has 6 heteroatoms. The number of benzene rings is 1. The average Bonchev–Trinajstić information content (AvgIpc) is 3.25. The largest absolute Gasteiger partial charge is 0.484 e. The molecule has 3 rings (SSSR count). The third kappa shape index (κ3) is 3.98. The SMILES string of the molecule is Cc1ccc(OCC(=O)N(Cc2cccs2)c2ccon2)cc1. The normalized spacial score (nSPS) is 10.5. The van der Waals surface area contributed by atoms with Gasteiger partial charge in [-0.2, -0.15) is 0 Å². The number of hydrogen-bond donors (Lipinski definition) is 0. The van der Waals surface area contributed by atoms with Crippen molar-refractivity contribution in [2.75, 3.05) is 11.5 Å². The lowest BCUT2D eigenvalue weighted by Crippen LogP contribution is -2.34. The number of thiophene rings is 1. The van der Waals surface area contributed by atoms with Gasteiger partial charge in [0, 0.05) is 10.9 Å². The summed E-state index contributed by atoms with van der Waals surface area (Å²) in [5.74, 6) is 0.976. The smallest absolute Gasteiger partial charge is 0.266 e. The number of carbonyl (C=O) groups is 1. The Labute approximate surface area is 138 Å². The van der Waals surface area contributed by atoms with E-state index in [-0.39, 0.29) is 12.5 Å². The number of hydrogen-bond acceptors (Lipinski definition) is 5. The van der Waals surface area contributed by atoms with Crippen LogP contribution in [0.5, 0.6) is 5.75 Å². The molecule has 0 spiro atoms. The molecule has 5 nitrogen and oxygen atoms in total. The van der Waals surface area contributed by atoms with Crippen LogP contribution in [0, 0.1) is 6.92 Å². The molecule has 0 aliphatic carbocycles. The minimum Gasteiger partial charge on any atom is -0.484 e. The lowest BCUT2D eigenvalue weighted by atomic mass is 10.2. The summed E-state index contributed by atoms with van der Waals surface area (Å²) in [6.45, 7) is 2.39. The van der Waals surface area contributed by atoms with Crippen LogP contribution in [0.15, 0.2) is 58.6 Å². The predicted octanol–water partition coefficient (Wildman–Crippen LogP) is 3.66. The van der Waals surface area contributed by atoms with Gasteiger partial charge in [0.1, 0.15) is 12.0 Å². The first-order chi connectivity index (χ1) is 11.2. The molecule has 0 aliphatic rings. The van der Waals surface area contributed by atoms with Gasteiger partial charge in [-0.15, -0.1) is 11.3 Å². The highest BCUT2D eigenvalue weighted by Gasteiger charge is 2.19. The Balaban J connectivity index is 1.68. The number of aromatic nitrogens is 1. The van der Waals surface area contributed by atoms with Crippen LogP contribution in [0.1, 0.15) is 10.4 Å². The van der Waals surface area contributed by atoms with Crippen molar-refractivity contribution in [2.45, 2.75) is 13.5 Å². The van der Waals surface area contributed by atoms with Gasteiger partial charge in [0.2, 0.25) is 0 Å². The number of nitrogens with zero attached hydrogens (tertiary/aromatic N) is 2. The number of carbonyl (C=O) groups excluding carboxylic acids is 1. The maximum Gasteiger partial charge on any atom is 0.266 e. The highest BCUT2D eigenvalue weighted by Crippen LogP contribution is 2.19. The molecule has 0 radical (unpaired) electrons. The van der Waals surface area contributed by atoms with Crippen LogP contribution in [0.25, 0.3) is 0 Å². The second kappa shape index (κ2) is 7.11. The van der Waals surface area contributed by atoms with E-state index in [1.54, 1.807) is 22.3 Å². The lowest BCUT2D eigenvalue weighted by Gasteiger charge is -2.19. The molecule has 1 aromatic carbocycles. The molecule has 23 heavy (non-hydrogen) atoms. The first-order valence-electron chi connectivity index (χ1n) is 7.15. The standard InChI is InChI=1S/C17H16N2O3S/c1-13-4-6-14(7-5-13)21-12-17(20)19(16-8-9-22-18-16)11-15-3-2-10-23-15/h2-10H,11-12H2,1H3. The minimum atomic E-state index is -0.173. The van der Waals surface area contributed by atoms with Crippen molar-refractivity contribution >= 4 is 23.1 Å². The molecule has 0 bridgehead atoms. The van der Waals surface area contributed by atoms with Crippen molar-refractivity contribution in [1.82, 2.24) is 5.16 Å². The van der Waals surface area contributed by atoms with E-state index in [0.29, 0.717) is 18.1 Å². The van der Waals surface area contributed by atoms with E-state index in [2.05, 4.69) is 5.16 Å². The Morgan fingerprint density at radius 1 is 1.26 bits per heavy atom. The van der Waals surface area contributed by atoms with E-state index < -0.39 is 0 Å². The molecule has 118 valence electrons. The quantitative estimate of drug-likeness (QED) is 0.693. The molecule has 3 aromatic rings. The molecule has 2 aromatic heterocycles. The van der Waals surface area contributed by atoms with Crippen molar-refractivity contribution in [3.05, 3.63) is 64.5 Å². The van der Waals surface area contributed by atoms with Crippen LogP contribution >= 0.6 is 11.3 Å². The van der Waals surface area contributed by atoms with Gasteiger partial charge >= 0.3 is 0 Å². The van der Waals surface area contributed by atoms with Gasteiger partial charge in [-0.1, -0.05) is 28.9 Å². The van der Waals surface area contributed by atoms with Crippen LogP contribution < -0.4 is 9.64 Å². The van der Waals surface area contributed by atoms with Gasteiger partial charge < -0.3 is 9.26 Å². The molecule has 0 saturated carbocycles. The third-order valence-electron chi connectivity index (χ3n) is 3.28. The second-order valence-electron chi connectivity index (χ2n) is 5.02. The van der Waals surface area contributed by atoms with E-state index >= 15 is 0 Å². The van der Waals surface area contributed by atoms with Gasteiger partial charge in [0.05, 0.1) is 6.54 Å². The van der Waals surface area contributed by atoms with Gasteiger partial charge in [-0.05, 0) is 30.5 Å². The lowest BCUT2D eigenvalue weighted by molar-refractivity contribution is -0.120. The summed E-state index contributed by atoms with van der Waals surface area (Å²) < 4.78 is 10.4. The summed E-state index contributed by atoms with van der Waals surface area (Å²) in [5, 5.41) is 5.84. The summed E-state index contributed by atoms with van der Waals surface area (Å²) in [5.41, 5.74) is 1.14. The molecule has 0 N–H and O–H groups in total. The number of ether oxygens (including phenoxy) is 1. The van der Waals surface area contributed by atoms with E-state index in [1.807, 2.05) is 48.7 Å². The van der Waals surface area contributed by atoms with Gasteiger partial charge in [-0.25, -0.2) is 0 Å². The van der Waals surface area contributed by atoms with Crippen molar-refractivity contribution in [2.24, 2.45) is 0 Å². The number of anilines is 1. The summed E-state index contributed by atoms with van der Waals surface area (Å²) in [6.07, 6.45) is 1.45. The zero-order valence-electron chi connectivity index (χ0n) is 12.6. The van der Waals surface area contributed by atoms with Gasteiger partial charge in [0.15, 0.2) is 12.4 Å². The maximum atomic E-state index is 12.5. The molecular formula is C17H16N2O3S. The van der Waals surface area contributed by atoms with Crippen molar-refractivity contribution in [1.29, 1.82) is 0 Å². The van der Waals surface area contributed by atoms with Crippen LogP contribution in [0.2, 0.25) is 0 Å². The summed E-state index contributed by atoms with van der Waals surface area (Å²) >= 11 is 1.59. The molecule has 1 amide bonds. The Morgan fingerprint density at radius 3 is 2.74 bits per heavy atom. The van der Waals surface area contributed by atoms with Crippen molar-refractivity contribution < 1.29 is 14.1 Å². The van der Waals surface area contributed by atoms with E-state index in [4.69, 9.17) is 9.26 Å². The van der Waals surface area contributed by atoms with E-state index in [1.165, 1.54) is 6.26 Å². The highest BCUT2D eigenvalue weighted by molar-refractivity contribution is 7.09. The van der Waals surface area contributed by atoms with Crippen LogP contribution in [0.3, 0.4) is 0 Å². The van der Waals surface area contributed by atoms with Crippen LogP contribution in [-0.2, 0) is 11.3 Å². The number of amides is 1. The second-order valence-corrected chi connectivity index (χ2v) is 6.05. The summed E-state index contributed by atoms with van der Waals surface area (Å²) in [7, 11) is 0. The third-order valence-corrected chi connectivity index (χ3v) is 4.14. The van der Waals surface area contributed by atoms with E-state index in [0.717, 1.165) is 10.4 Å². The van der Waals surface area contributed by atoms with Crippen molar-refractivity contribution in [3.8, 4) is 5.75 Å². The molecule has 0 atom stereocenters. The monoisotopic (exact) mass is 328 g/mol. The fraction of sp³-hybridized carbons (Fsp3) is 0.176. The highest BCUT2D eigenvalue weighted by atomic mass is 32.1. The maximum absolute atomic E-state index is 12.5. The number of rotatable bonds is 6. The average molecular weight is 328 g/mol. The zero-order chi connectivity index (χ0) is 16.1. The van der Waals surface area contributed by atoms with Gasteiger partial charge in [0.25, 0.3) is 5.91 Å². The van der Waals surface area contributed by atoms with E-state index in [9.17, 15) is 4.79 Å². The fourth-order valence-corrected chi connectivity index (χ4v) is 2.75. The molecule has 0 aliphatic heterocycles. The summed E-state index contributed by atoms with van der Waals surface area (Å²) in [4.78, 5) is 15.2. The minimum absolute atomic E-state index is 0.0543. The molecular weight excluding hydrogens is 312 g/mol. The van der Waals surface area contributed by atoms with Gasteiger partial charge in [-0.3, -0.25) is 9.69 Å². The summed E-state index contributed by atoms with van der Waals surface area (Å²) in [6, 6.07) is 13.2. The Bertz CT molecular complexity index is 737. The Kier molecular flexibility index (Phi) is 4.73. The molecule has 0 saturated heterocycles. The van der Waals surface area contributed by atoms with Crippen LogP contribution in [-0.4, -0.2) is 17.7 Å². The predicted molar refractivity (Wildman–Crippen MR) is 88.7 cm³/mol. The first kappa shape index (κ1) is 15.3. The van der Waals surface area contributed by atoms with Crippen LogP contribution in [0.4, 0.5) is 5.82 Å². The Morgan fingerprint density at radius 2 is 2.09 bits per heavy atom. The molecule has 2 heterocycles.